The van der Waals surface area contributed by atoms with Crippen LogP contribution in [-0.2, 0) is 11.4 Å². The van der Waals surface area contributed by atoms with Gasteiger partial charge in [-0.3, -0.25) is 0 Å². The second-order valence-electron chi connectivity index (χ2n) is 4.16. The zero-order valence-corrected chi connectivity index (χ0v) is 12.4. The van der Waals surface area contributed by atoms with Crippen LogP contribution in [0.25, 0.3) is 6.08 Å². The molecule has 0 aliphatic rings. The van der Waals surface area contributed by atoms with Gasteiger partial charge in [-0.2, -0.15) is 0 Å². The first kappa shape index (κ1) is 14.6. The van der Waals surface area contributed by atoms with Crippen molar-refractivity contribution >= 4 is 35.0 Å². The molecule has 0 bridgehead atoms. The SMILES string of the molecule is Cc1cccc(/C=C/C(=O)O)c1OCc1ccc(Cl)s1. The molecule has 1 N–H and O–H groups in total. The lowest BCUT2D eigenvalue weighted by molar-refractivity contribution is -0.131. The lowest BCUT2D eigenvalue weighted by atomic mass is 10.1. The van der Waals surface area contributed by atoms with E-state index in [2.05, 4.69) is 0 Å². The number of aliphatic carboxylic acids is 1. The number of hydrogen-bond donors (Lipinski definition) is 1. The minimum atomic E-state index is -0.984. The molecule has 5 heteroatoms. The number of carboxylic acid groups (broad SMARTS) is 1. The summed E-state index contributed by atoms with van der Waals surface area (Å²) in [5, 5.41) is 8.71. The van der Waals surface area contributed by atoms with Crippen molar-refractivity contribution in [2.75, 3.05) is 0 Å². The summed E-state index contributed by atoms with van der Waals surface area (Å²) in [6, 6.07) is 9.36. The monoisotopic (exact) mass is 308 g/mol. The van der Waals surface area contributed by atoms with Gasteiger partial charge in [-0.1, -0.05) is 29.8 Å². The molecule has 0 aliphatic heterocycles. The Kier molecular flexibility index (Phi) is 4.82. The Hall–Kier alpha value is -1.78. The van der Waals surface area contributed by atoms with Crippen LogP contribution in [0.2, 0.25) is 4.34 Å². The molecule has 0 aliphatic carbocycles. The number of carboxylic acids is 1. The summed E-state index contributed by atoms with van der Waals surface area (Å²) >= 11 is 7.34. The van der Waals surface area contributed by atoms with Gasteiger partial charge < -0.3 is 9.84 Å². The molecule has 2 rings (SSSR count). The average molecular weight is 309 g/mol. The van der Waals surface area contributed by atoms with Gasteiger partial charge in [0.25, 0.3) is 0 Å². The Morgan fingerprint density at radius 3 is 2.85 bits per heavy atom. The van der Waals surface area contributed by atoms with E-state index < -0.39 is 5.97 Å². The second kappa shape index (κ2) is 6.59. The summed E-state index contributed by atoms with van der Waals surface area (Å²) in [6.07, 6.45) is 2.63. The lowest BCUT2D eigenvalue weighted by Gasteiger charge is -2.11. The largest absolute Gasteiger partial charge is 0.487 e. The normalized spacial score (nSPS) is 10.9. The predicted octanol–water partition coefficient (Wildman–Crippen LogP) is 4.39. The molecule has 104 valence electrons. The number of rotatable bonds is 5. The first-order valence-electron chi connectivity index (χ1n) is 5.94. The van der Waals surface area contributed by atoms with Crippen molar-refractivity contribution in [1.29, 1.82) is 0 Å². The molecule has 1 aromatic heterocycles. The minimum Gasteiger partial charge on any atom is -0.487 e. The van der Waals surface area contributed by atoms with Gasteiger partial charge in [0.05, 0.1) is 4.34 Å². The summed E-state index contributed by atoms with van der Waals surface area (Å²) in [6.45, 7) is 2.34. The Bertz CT molecular complexity index is 646. The Labute approximate surface area is 126 Å². The molecule has 1 heterocycles. The van der Waals surface area contributed by atoms with Crippen LogP contribution in [0, 0.1) is 6.92 Å². The lowest BCUT2D eigenvalue weighted by Crippen LogP contribution is -1.97. The van der Waals surface area contributed by atoms with E-state index in [1.54, 1.807) is 0 Å². The maximum Gasteiger partial charge on any atom is 0.328 e. The van der Waals surface area contributed by atoms with E-state index >= 15 is 0 Å². The number of benzene rings is 1. The number of hydrogen-bond acceptors (Lipinski definition) is 3. The zero-order chi connectivity index (χ0) is 14.5. The maximum absolute atomic E-state index is 10.6. The highest BCUT2D eigenvalue weighted by atomic mass is 35.5. The average Bonchev–Trinajstić information content (AvgIpc) is 2.81. The molecule has 0 fully saturated rings. The molecule has 0 radical (unpaired) electrons. The van der Waals surface area contributed by atoms with Gasteiger partial charge in [-0.25, -0.2) is 4.79 Å². The molecule has 0 saturated carbocycles. The number of ether oxygens (including phenoxy) is 1. The summed E-state index contributed by atoms with van der Waals surface area (Å²) < 4.78 is 6.53. The third-order valence-corrected chi connectivity index (χ3v) is 3.84. The fourth-order valence-corrected chi connectivity index (χ4v) is 2.74. The molecule has 0 amide bonds. The van der Waals surface area contributed by atoms with E-state index in [0.717, 1.165) is 26.4 Å². The fraction of sp³-hybridized carbons (Fsp3) is 0.133. The van der Waals surface area contributed by atoms with E-state index in [0.29, 0.717) is 12.4 Å². The van der Waals surface area contributed by atoms with E-state index in [-0.39, 0.29) is 0 Å². The molecule has 20 heavy (non-hydrogen) atoms. The van der Waals surface area contributed by atoms with Crippen LogP contribution in [-0.4, -0.2) is 11.1 Å². The molecule has 0 spiro atoms. The fourth-order valence-electron chi connectivity index (χ4n) is 1.74. The number of aryl methyl sites for hydroxylation is 1. The first-order chi connectivity index (χ1) is 9.56. The standard InChI is InChI=1S/C15H13ClO3S/c1-10-3-2-4-11(5-8-14(17)18)15(10)19-9-12-6-7-13(16)20-12/h2-8H,9H2,1H3,(H,17,18)/b8-5+. The van der Waals surface area contributed by atoms with Gasteiger partial charge in [0.1, 0.15) is 12.4 Å². The van der Waals surface area contributed by atoms with E-state index in [1.807, 2.05) is 37.3 Å². The number of thiophene rings is 1. The van der Waals surface area contributed by atoms with Crippen molar-refractivity contribution in [3.63, 3.8) is 0 Å². The van der Waals surface area contributed by atoms with Gasteiger partial charge in [-0.15, -0.1) is 11.3 Å². The van der Waals surface area contributed by atoms with Crippen LogP contribution in [0.15, 0.2) is 36.4 Å². The van der Waals surface area contributed by atoms with Crippen molar-refractivity contribution < 1.29 is 14.6 Å². The van der Waals surface area contributed by atoms with Gasteiger partial charge in [0, 0.05) is 16.5 Å². The summed E-state index contributed by atoms with van der Waals surface area (Å²) in [7, 11) is 0. The van der Waals surface area contributed by atoms with Crippen molar-refractivity contribution in [2.24, 2.45) is 0 Å². The van der Waals surface area contributed by atoms with Crippen molar-refractivity contribution in [3.05, 3.63) is 56.7 Å². The van der Waals surface area contributed by atoms with Crippen LogP contribution < -0.4 is 4.74 Å². The van der Waals surface area contributed by atoms with Gasteiger partial charge in [0.15, 0.2) is 0 Å². The summed E-state index contributed by atoms with van der Waals surface area (Å²) in [4.78, 5) is 11.6. The molecular weight excluding hydrogens is 296 g/mol. The Balaban J connectivity index is 2.19. The quantitative estimate of drug-likeness (QED) is 0.833. The van der Waals surface area contributed by atoms with E-state index in [9.17, 15) is 4.79 Å². The van der Waals surface area contributed by atoms with Gasteiger partial charge in [-0.05, 0) is 30.7 Å². The van der Waals surface area contributed by atoms with Crippen LogP contribution in [0.4, 0.5) is 0 Å². The smallest absolute Gasteiger partial charge is 0.328 e. The number of halogens is 1. The van der Waals surface area contributed by atoms with Crippen LogP contribution >= 0.6 is 22.9 Å². The van der Waals surface area contributed by atoms with Crippen LogP contribution in [0.3, 0.4) is 0 Å². The van der Waals surface area contributed by atoms with Crippen molar-refractivity contribution in [3.8, 4) is 5.75 Å². The first-order valence-corrected chi connectivity index (χ1v) is 7.13. The topological polar surface area (TPSA) is 46.5 Å². The third-order valence-electron chi connectivity index (χ3n) is 2.64. The maximum atomic E-state index is 10.6. The summed E-state index contributed by atoms with van der Waals surface area (Å²) in [5.74, 6) is -0.294. The molecule has 2 aromatic rings. The molecule has 1 aromatic carbocycles. The predicted molar refractivity (Wildman–Crippen MR) is 81.5 cm³/mol. The van der Waals surface area contributed by atoms with Crippen LogP contribution in [0.1, 0.15) is 16.0 Å². The van der Waals surface area contributed by atoms with Gasteiger partial charge >= 0.3 is 5.97 Å². The molecule has 3 nitrogen and oxygen atoms in total. The second-order valence-corrected chi connectivity index (χ2v) is 5.96. The van der Waals surface area contributed by atoms with E-state index in [4.69, 9.17) is 21.4 Å². The molecular formula is C15H13ClO3S. The number of para-hydroxylation sites is 1. The highest BCUT2D eigenvalue weighted by Crippen LogP contribution is 2.28. The highest BCUT2D eigenvalue weighted by molar-refractivity contribution is 7.16. The minimum absolute atomic E-state index is 0.413. The molecule has 0 atom stereocenters. The van der Waals surface area contributed by atoms with Crippen molar-refractivity contribution in [1.82, 2.24) is 0 Å². The Morgan fingerprint density at radius 2 is 2.20 bits per heavy atom. The molecule has 0 unspecified atom stereocenters. The van der Waals surface area contributed by atoms with E-state index in [1.165, 1.54) is 17.4 Å². The number of carbonyl (C=O) groups is 1. The highest BCUT2D eigenvalue weighted by Gasteiger charge is 2.06. The third kappa shape index (κ3) is 3.85. The van der Waals surface area contributed by atoms with Crippen LogP contribution in [0.5, 0.6) is 5.75 Å². The summed E-state index contributed by atoms with van der Waals surface area (Å²) in [5.41, 5.74) is 1.70. The Morgan fingerprint density at radius 1 is 1.40 bits per heavy atom. The zero-order valence-electron chi connectivity index (χ0n) is 10.8. The van der Waals surface area contributed by atoms with Gasteiger partial charge in [0.2, 0.25) is 0 Å². The van der Waals surface area contributed by atoms with Crippen molar-refractivity contribution in [2.45, 2.75) is 13.5 Å². The molecule has 0 saturated heterocycles.